The first-order chi connectivity index (χ1) is 14.9. The minimum absolute atomic E-state index is 0.00495. The molecular weight excluding hydrogens is 390 g/mol. The lowest BCUT2D eigenvalue weighted by Crippen LogP contribution is -2.50. The zero-order chi connectivity index (χ0) is 22.4. The van der Waals surface area contributed by atoms with Crippen LogP contribution in [0.1, 0.15) is 34.8 Å². The molecule has 1 fully saturated rings. The average Bonchev–Trinajstić information content (AvgIpc) is 2.79. The summed E-state index contributed by atoms with van der Waals surface area (Å²) in [5.74, 6) is 0.376. The maximum absolute atomic E-state index is 12.9. The van der Waals surface area contributed by atoms with Crippen molar-refractivity contribution in [2.75, 3.05) is 45.7 Å². The van der Waals surface area contributed by atoms with E-state index in [1.54, 1.807) is 25.3 Å². The van der Waals surface area contributed by atoms with Crippen LogP contribution in [0.15, 0.2) is 42.5 Å². The zero-order valence-corrected chi connectivity index (χ0v) is 18.9. The smallest absolute Gasteiger partial charge is 0.189 e. The lowest BCUT2D eigenvalue weighted by atomic mass is 10.0. The van der Waals surface area contributed by atoms with Gasteiger partial charge in [0.2, 0.25) is 0 Å². The van der Waals surface area contributed by atoms with Crippen molar-refractivity contribution in [1.29, 1.82) is 0 Å². The highest BCUT2D eigenvalue weighted by atomic mass is 16.5. The quantitative estimate of drug-likeness (QED) is 0.500. The Labute approximate surface area is 185 Å². The number of phenols is 1. The Kier molecular flexibility index (Phi) is 7.71. The van der Waals surface area contributed by atoms with Gasteiger partial charge in [0.1, 0.15) is 11.5 Å². The topological polar surface area (TPSA) is 65.0 Å². The molecular formula is C25H33N3O3. The Balaban J connectivity index is 1.82. The number of aromatic hydroxyl groups is 1. The molecule has 1 unspecified atom stereocenters. The van der Waals surface area contributed by atoms with Crippen LogP contribution in [0.5, 0.6) is 11.5 Å². The highest BCUT2D eigenvalue weighted by Crippen LogP contribution is 2.34. The van der Waals surface area contributed by atoms with Gasteiger partial charge in [0.15, 0.2) is 5.78 Å². The van der Waals surface area contributed by atoms with Crippen molar-refractivity contribution in [1.82, 2.24) is 10.2 Å². The van der Waals surface area contributed by atoms with Crippen molar-refractivity contribution in [3.05, 3.63) is 59.2 Å². The summed E-state index contributed by atoms with van der Waals surface area (Å²) in [4.78, 5) is 17.2. The summed E-state index contributed by atoms with van der Waals surface area (Å²) in [6.45, 7) is 5.44. The molecule has 0 saturated carbocycles. The van der Waals surface area contributed by atoms with E-state index < -0.39 is 0 Å². The molecule has 0 radical (unpaired) electrons. The van der Waals surface area contributed by atoms with Gasteiger partial charge in [0.25, 0.3) is 0 Å². The molecule has 1 saturated heterocycles. The van der Waals surface area contributed by atoms with E-state index in [-0.39, 0.29) is 11.5 Å². The van der Waals surface area contributed by atoms with Crippen LogP contribution in [0.25, 0.3) is 6.08 Å². The number of nitrogens with zero attached hydrogens (tertiary/aromatic N) is 2. The molecule has 3 rings (SSSR count). The first-order valence-corrected chi connectivity index (χ1v) is 10.8. The van der Waals surface area contributed by atoms with Crippen LogP contribution in [0, 0.1) is 0 Å². The molecule has 6 nitrogen and oxygen atoms in total. The third-order valence-electron chi connectivity index (χ3n) is 5.87. The summed E-state index contributed by atoms with van der Waals surface area (Å²) in [5.41, 5.74) is 2.98. The molecule has 6 heteroatoms. The van der Waals surface area contributed by atoms with Gasteiger partial charge in [-0.05, 0) is 42.3 Å². The molecule has 31 heavy (non-hydrogen) atoms. The average molecular weight is 424 g/mol. The van der Waals surface area contributed by atoms with Gasteiger partial charge in [0.05, 0.1) is 18.2 Å². The van der Waals surface area contributed by atoms with E-state index in [1.165, 1.54) is 6.08 Å². The Morgan fingerprint density at radius 3 is 2.65 bits per heavy atom. The van der Waals surface area contributed by atoms with Crippen molar-refractivity contribution in [2.45, 2.75) is 25.9 Å². The number of carbonyl (C=O) groups is 1. The van der Waals surface area contributed by atoms with Gasteiger partial charge in [-0.25, -0.2) is 0 Å². The van der Waals surface area contributed by atoms with E-state index in [0.717, 1.165) is 37.3 Å². The van der Waals surface area contributed by atoms with Crippen molar-refractivity contribution in [3.8, 4) is 11.5 Å². The monoisotopic (exact) mass is 423 g/mol. The molecule has 1 heterocycles. The van der Waals surface area contributed by atoms with Gasteiger partial charge in [-0.15, -0.1) is 0 Å². The first kappa shape index (κ1) is 22.8. The maximum atomic E-state index is 12.9. The third kappa shape index (κ3) is 5.46. The fraction of sp³-hybridized carbons (Fsp3) is 0.400. The zero-order valence-electron chi connectivity index (χ0n) is 18.9. The van der Waals surface area contributed by atoms with Crippen LogP contribution in [-0.2, 0) is 6.54 Å². The standard InChI is InChI=1S/C25H33N3O3/c1-5-19-16-26-14-15-28(19)17-22-24(31-4)13-11-21(25(22)30)23(29)12-8-18-6-9-20(10-7-18)27(2)3/h6-13,19,26,30H,5,14-17H2,1-4H3/b12-8+. The third-order valence-corrected chi connectivity index (χ3v) is 5.87. The molecule has 0 amide bonds. The summed E-state index contributed by atoms with van der Waals surface area (Å²) < 4.78 is 5.50. The summed E-state index contributed by atoms with van der Waals surface area (Å²) in [6, 6.07) is 11.7. The van der Waals surface area contributed by atoms with Crippen LogP contribution in [0.2, 0.25) is 0 Å². The SMILES string of the molecule is CCC1CNCCN1Cc1c(OC)ccc(C(=O)/C=C/c2ccc(N(C)C)cc2)c1O. The number of carbonyl (C=O) groups excluding carboxylic acids is 1. The summed E-state index contributed by atoms with van der Waals surface area (Å²) in [7, 11) is 5.56. The second-order valence-electron chi connectivity index (χ2n) is 8.06. The normalized spacial score (nSPS) is 17.1. The number of methoxy groups -OCH3 is 1. The highest BCUT2D eigenvalue weighted by Gasteiger charge is 2.25. The van der Waals surface area contributed by atoms with Crippen LogP contribution in [0.4, 0.5) is 5.69 Å². The first-order valence-electron chi connectivity index (χ1n) is 10.8. The number of rotatable bonds is 8. The number of hydrogen-bond acceptors (Lipinski definition) is 6. The summed E-state index contributed by atoms with van der Waals surface area (Å²) >= 11 is 0. The Bertz CT molecular complexity index is 922. The van der Waals surface area contributed by atoms with Gasteiger partial charge >= 0.3 is 0 Å². The highest BCUT2D eigenvalue weighted by molar-refractivity contribution is 6.09. The predicted octanol–water partition coefficient (Wildman–Crippen LogP) is 3.55. The lowest BCUT2D eigenvalue weighted by Gasteiger charge is -2.36. The summed E-state index contributed by atoms with van der Waals surface area (Å²) in [6.07, 6.45) is 4.30. The predicted molar refractivity (Wildman–Crippen MR) is 126 cm³/mol. The summed E-state index contributed by atoms with van der Waals surface area (Å²) in [5, 5.41) is 14.4. The van der Waals surface area contributed by atoms with Crippen molar-refractivity contribution < 1.29 is 14.6 Å². The van der Waals surface area contributed by atoms with Gasteiger partial charge in [0, 0.05) is 52.0 Å². The molecule has 2 aromatic rings. The number of allylic oxidation sites excluding steroid dienone is 1. The molecule has 166 valence electrons. The Hall–Kier alpha value is -2.83. The second-order valence-corrected chi connectivity index (χ2v) is 8.06. The van der Waals surface area contributed by atoms with Crippen LogP contribution in [0.3, 0.4) is 0 Å². The number of ketones is 1. The largest absolute Gasteiger partial charge is 0.507 e. The fourth-order valence-corrected chi connectivity index (χ4v) is 3.92. The minimum atomic E-state index is -0.231. The van der Waals surface area contributed by atoms with Gasteiger partial charge in [-0.1, -0.05) is 25.1 Å². The van der Waals surface area contributed by atoms with Crippen molar-refractivity contribution in [2.24, 2.45) is 0 Å². The van der Waals surface area contributed by atoms with Crippen LogP contribution >= 0.6 is 0 Å². The number of ether oxygens (including phenoxy) is 1. The number of benzene rings is 2. The Morgan fingerprint density at radius 2 is 2.00 bits per heavy atom. The molecule has 0 aromatic heterocycles. The van der Waals surface area contributed by atoms with E-state index in [4.69, 9.17) is 4.74 Å². The molecule has 1 aliphatic rings. The molecule has 0 spiro atoms. The van der Waals surface area contributed by atoms with Crippen LogP contribution in [-0.4, -0.2) is 62.7 Å². The van der Waals surface area contributed by atoms with E-state index in [1.807, 2.05) is 43.3 Å². The lowest BCUT2D eigenvalue weighted by molar-refractivity contribution is 0.104. The van der Waals surface area contributed by atoms with Gasteiger partial charge in [-0.2, -0.15) is 0 Å². The minimum Gasteiger partial charge on any atom is -0.507 e. The van der Waals surface area contributed by atoms with E-state index in [2.05, 4.69) is 17.1 Å². The number of hydrogen-bond donors (Lipinski definition) is 2. The molecule has 1 aliphatic heterocycles. The molecule has 1 atom stereocenters. The van der Waals surface area contributed by atoms with E-state index in [0.29, 0.717) is 29.5 Å². The Morgan fingerprint density at radius 1 is 1.26 bits per heavy atom. The molecule has 2 aromatic carbocycles. The van der Waals surface area contributed by atoms with Gasteiger partial charge in [-0.3, -0.25) is 9.69 Å². The number of nitrogens with one attached hydrogen (secondary N) is 1. The van der Waals surface area contributed by atoms with E-state index in [9.17, 15) is 9.90 Å². The van der Waals surface area contributed by atoms with E-state index >= 15 is 0 Å². The number of piperazine rings is 1. The second kappa shape index (κ2) is 10.5. The maximum Gasteiger partial charge on any atom is 0.189 e. The van der Waals surface area contributed by atoms with Crippen molar-refractivity contribution >= 4 is 17.5 Å². The number of anilines is 1. The molecule has 0 aliphatic carbocycles. The number of phenolic OH excluding ortho intramolecular Hbond substituents is 1. The molecule has 2 N–H and O–H groups in total. The van der Waals surface area contributed by atoms with Crippen molar-refractivity contribution in [3.63, 3.8) is 0 Å². The van der Waals surface area contributed by atoms with Gasteiger partial charge < -0.3 is 20.1 Å². The fourth-order valence-electron chi connectivity index (χ4n) is 3.92. The molecule has 0 bridgehead atoms. The van der Waals surface area contributed by atoms with Crippen LogP contribution < -0.4 is 15.0 Å².